The summed E-state index contributed by atoms with van der Waals surface area (Å²) in [6, 6.07) is 7.96. The maximum atomic E-state index is 9.37. The van der Waals surface area contributed by atoms with Crippen LogP contribution in [0.2, 0.25) is 0 Å². The molecule has 3 rings (SSSR count). The second-order valence-corrected chi connectivity index (χ2v) is 6.80. The lowest BCUT2D eigenvalue weighted by molar-refractivity contribution is 0.276. The number of nitrogens with one attached hydrogen (secondary N) is 1. The Kier molecular flexibility index (Phi) is 6.65. The Labute approximate surface area is 164 Å². The van der Waals surface area contributed by atoms with Gasteiger partial charge in [-0.25, -0.2) is 4.98 Å². The number of methoxy groups -OCH3 is 1. The molecule has 0 unspecified atom stereocenters. The lowest BCUT2D eigenvalue weighted by atomic mass is 10.1. The third kappa shape index (κ3) is 4.69. The molecule has 0 aliphatic rings. The Hall–Kier alpha value is -2.87. The smallest absolute Gasteiger partial charge is 0.222 e. The molecule has 4 N–H and O–H groups in total. The molecule has 2 heterocycles. The number of aliphatic hydroxyl groups is 1. The molecule has 3 aromatic rings. The van der Waals surface area contributed by atoms with E-state index in [0.717, 1.165) is 30.6 Å². The number of aromatic nitrogens is 4. The molecule has 0 amide bonds. The van der Waals surface area contributed by atoms with Gasteiger partial charge in [-0.1, -0.05) is 38.0 Å². The quantitative estimate of drug-likeness (QED) is 0.493. The number of rotatable bonds is 10. The maximum Gasteiger partial charge on any atom is 0.222 e. The van der Waals surface area contributed by atoms with Crippen molar-refractivity contribution in [3.63, 3.8) is 0 Å². The predicted octanol–water partition coefficient (Wildman–Crippen LogP) is 2.82. The number of nitrogens with two attached hydrogens (primary N) is 1. The molecular weight excluding hydrogens is 356 g/mol. The average molecular weight is 384 g/mol. The average Bonchev–Trinajstić information content (AvgIpc) is 3.09. The number of para-hydroxylation sites is 1. The molecule has 0 saturated carbocycles. The number of ether oxygens (including phenoxy) is 1. The van der Waals surface area contributed by atoms with Crippen LogP contribution in [0, 0.1) is 0 Å². The topological polar surface area (TPSA) is 111 Å². The van der Waals surface area contributed by atoms with Crippen LogP contribution in [0.25, 0.3) is 11.0 Å². The normalized spacial score (nSPS) is 12.2. The van der Waals surface area contributed by atoms with Gasteiger partial charge < -0.3 is 20.9 Å². The molecule has 0 aliphatic heterocycles. The van der Waals surface area contributed by atoms with E-state index in [1.54, 1.807) is 7.11 Å². The third-order valence-corrected chi connectivity index (χ3v) is 4.68. The van der Waals surface area contributed by atoms with Crippen LogP contribution >= 0.6 is 0 Å². The molecule has 0 saturated heterocycles. The second kappa shape index (κ2) is 9.36. The molecule has 150 valence electrons. The summed E-state index contributed by atoms with van der Waals surface area (Å²) < 4.78 is 7.24. The summed E-state index contributed by atoms with van der Waals surface area (Å²) in [4.78, 5) is 8.68. The van der Waals surface area contributed by atoms with Crippen LogP contribution < -0.4 is 15.8 Å². The Morgan fingerprint density at radius 1 is 1.25 bits per heavy atom. The molecular formula is C20H28N6O2. The van der Waals surface area contributed by atoms with Crippen LogP contribution in [0.5, 0.6) is 5.75 Å². The van der Waals surface area contributed by atoms with Crippen molar-refractivity contribution in [1.82, 2.24) is 19.7 Å². The zero-order valence-electron chi connectivity index (χ0n) is 16.4. The summed E-state index contributed by atoms with van der Waals surface area (Å²) in [5.41, 5.74) is 8.29. The molecule has 0 aliphatic carbocycles. The van der Waals surface area contributed by atoms with E-state index in [4.69, 9.17) is 10.5 Å². The summed E-state index contributed by atoms with van der Waals surface area (Å²) in [7, 11) is 1.66. The number of hydrogen-bond acceptors (Lipinski definition) is 7. The summed E-state index contributed by atoms with van der Waals surface area (Å²) in [6.07, 6.45) is 5.62. The van der Waals surface area contributed by atoms with Crippen molar-refractivity contribution in [2.75, 3.05) is 24.8 Å². The van der Waals surface area contributed by atoms with Crippen molar-refractivity contribution >= 4 is 22.8 Å². The van der Waals surface area contributed by atoms with Gasteiger partial charge in [0.1, 0.15) is 11.3 Å². The van der Waals surface area contributed by atoms with E-state index < -0.39 is 0 Å². The highest BCUT2D eigenvalue weighted by atomic mass is 16.5. The monoisotopic (exact) mass is 384 g/mol. The third-order valence-electron chi connectivity index (χ3n) is 4.68. The van der Waals surface area contributed by atoms with Crippen LogP contribution in [0.3, 0.4) is 0 Å². The van der Waals surface area contributed by atoms with Gasteiger partial charge in [0.2, 0.25) is 5.95 Å². The van der Waals surface area contributed by atoms with Crippen LogP contribution in [-0.2, 0) is 6.54 Å². The number of hydrogen-bond donors (Lipinski definition) is 3. The minimum Gasteiger partial charge on any atom is -0.496 e. The Morgan fingerprint density at radius 3 is 2.82 bits per heavy atom. The minimum absolute atomic E-state index is 0.113. The standard InChI is InChI=1S/C20H28N6O2/c1-3-4-8-15(10-11-27)22-19-18-16(23-20(21)24-19)13-26(25-18)12-14-7-5-6-9-17(14)28-2/h5-7,9,13,15,27H,3-4,8,10-12H2,1-2H3,(H3,21,22,23,24)/t15-/m1/s1. The molecule has 28 heavy (non-hydrogen) atoms. The zero-order chi connectivity index (χ0) is 19.9. The van der Waals surface area contributed by atoms with Crippen LogP contribution in [0.4, 0.5) is 11.8 Å². The first-order valence-electron chi connectivity index (χ1n) is 9.64. The molecule has 0 fully saturated rings. The molecule has 8 nitrogen and oxygen atoms in total. The summed E-state index contributed by atoms with van der Waals surface area (Å²) in [5.74, 6) is 1.62. The van der Waals surface area contributed by atoms with Crippen molar-refractivity contribution in [2.45, 2.75) is 45.2 Å². The first-order chi connectivity index (χ1) is 13.6. The van der Waals surface area contributed by atoms with Crippen molar-refractivity contribution in [3.05, 3.63) is 36.0 Å². The van der Waals surface area contributed by atoms with Crippen molar-refractivity contribution in [1.29, 1.82) is 0 Å². The van der Waals surface area contributed by atoms with Gasteiger partial charge in [0.15, 0.2) is 11.3 Å². The summed E-state index contributed by atoms with van der Waals surface area (Å²) >= 11 is 0. The van der Waals surface area contributed by atoms with Gasteiger partial charge in [0.05, 0.1) is 19.9 Å². The van der Waals surface area contributed by atoms with Gasteiger partial charge in [0, 0.05) is 18.2 Å². The Balaban J connectivity index is 1.89. The van der Waals surface area contributed by atoms with Crippen LogP contribution in [0.1, 0.15) is 38.2 Å². The van der Waals surface area contributed by atoms with Crippen molar-refractivity contribution in [2.24, 2.45) is 0 Å². The van der Waals surface area contributed by atoms with Gasteiger partial charge in [0.25, 0.3) is 0 Å². The fourth-order valence-electron chi connectivity index (χ4n) is 3.26. The lowest BCUT2D eigenvalue weighted by Crippen LogP contribution is -2.22. The molecule has 0 bridgehead atoms. The molecule has 0 radical (unpaired) electrons. The SMILES string of the molecule is CCCC[C@H](CCO)Nc1nc(N)nc2cn(Cc3ccccc3OC)nc12. The van der Waals surface area contributed by atoms with Gasteiger partial charge in [-0.15, -0.1) is 0 Å². The number of nitrogens with zero attached hydrogens (tertiary/aromatic N) is 4. The van der Waals surface area contributed by atoms with Crippen molar-refractivity contribution in [3.8, 4) is 5.75 Å². The number of fused-ring (bicyclic) bond motifs is 1. The second-order valence-electron chi connectivity index (χ2n) is 6.80. The van der Waals surface area contributed by atoms with E-state index in [-0.39, 0.29) is 18.6 Å². The van der Waals surface area contributed by atoms with E-state index >= 15 is 0 Å². The van der Waals surface area contributed by atoms with Gasteiger partial charge in [-0.3, -0.25) is 4.68 Å². The van der Waals surface area contributed by atoms with E-state index in [9.17, 15) is 5.11 Å². The molecule has 8 heteroatoms. The highest BCUT2D eigenvalue weighted by molar-refractivity contribution is 5.85. The highest BCUT2D eigenvalue weighted by Crippen LogP contribution is 2.24. The molecule has 0 spiro atoms. The molecule has 1 atom stereocenters. The van der Waals surface area contributed by atoms with Crippen molar-refractivity contribution < 1.29 is 9.84 Å². The number of aliphatic hydroxyl groups excluding tert-OH is 1. The van der Waals surface area contributed by atoms with Gasteiger partial charge in [-0.05, 0) is 18.9 Å². The van der Waals surface area contributed by atoms with Crippen LogP contribution in [0.15, 0.2) is 30.5 Å². The largest absolute Gasteiger partial charge is 0.496 e. The number of anilines is 2. The van der Waals surface area contributed by atoms with Gasteiger partial charge in [-0.2, -0.15) is 10.1 Å². The van der Waals surface area contributed by atoms with Gasteiger partial charge >= 0.3 is 0 Å². The van der Waals surface area contributed by atoms with E-state index in [1.807, 2.05) is 35.1 Å². The lowest BCUT2D eigenvalue weighted by Gasteiger charge is -2.18. The fourth-order valence-corrected chi connectivity index (χ4v) is 3.26. The first-order valence-corrected chi connectivity index (χ1v) is 9.64. The zero-order valence-corrected chi connectivity index (χ0v) is 16.4. The Bertz CT molecular complexity index is 911. The van der Waals surface area contributed by atoms with E-state index in [1.165, 1.54) is 0 Å². The molecule has 1 aromatic carbocycles. The van der Waals surface area contributed by atoms with Crippen LogP contribution in [-0.4, -0.2) is 44.6 Å². The fraction of sp³-hybridized carbons (Fsp3) is 0.450. The number of benzene rings is 1. The maximum absolute atomic E-state index is 9.37. The van der Waals surface area contributed by atoms with E-state index in [2.05, 4.69) is 27.3 Å². The minimum atomic E-state index is 0.113. The highest BCUT2D eigenvalue weighted by Gasteiger charge is 2.16. The van der Waals surface area contributed by atoms with E-state index in [0.29, 0.717) is 29.8 Å². The first kappa shape index (κ1) is 19.9. The predicted molar refractivity (Wildman–Crippen MR) is 110 cm³/mol. The molecule has 2 aromatic heterocycles. The Morgan fingerprint density at radius 2 is 2.07 bits per heavy atom. The number of nitrogen functional groups attached to an aromatic ring is 1. The summed E-state index contributed by atoms with van der Waals surface area (Å²) in [5, 5.41) is 17.5. The summed E-state index contributed by atoms with van der Waals surface area (Å²) in [6.45, 7) is 2.82. The number of unbranched alkanes of at least 4 members (excludes halogenated alkanes) is 1.